The smallest absolute Gasteiger partial charge is 0.378 e. The minimum atomic E-state index is -4.67. The molecule has 1 amide bonds. The van der Waals surface area contributed by atoms with Crippen molar-refractivity contribution in [3.05, 3.63) is 52.3 Å². The van der Waals surface area contributed by atoms with Gasteiger partial charge in [-0.3, -0.25) is 14.9 Å². The van der Waals surface area contributed by atoms with Gasteiger partial charge in [-0.25, -0.2) is 9.97 Å². The lowest BCUT2D eigenvalue weighted by atomic mass is 9.97. The number of hydrogen-bond acceptors (Lipinski definition) is 7. The number of alkyl halides is 3. The van der Waals surface area contributed by atoms with Gasteiger partial charge in [0.1, 0.15) is 5.69 Å². The predicted octanol–water partition coefficient (Wildman–Crippen LogP) is 2.85. The Morgan fingerprint density at radius 1 is 1.26 bits per heavy atom. The monoisotopic (exact) mass is 438 g/mol. The topological polar surface area (TPSA) is 113 Å². The second kappa shape index (κ2) is 9.58. The summed E-state index contributed by atoms with van der Waals surface area (Å²) >= 11 is 0. The summed E-state index contributed by atoms with van der Waals surface area (Å²) in [5.41, 5.74) is -1.81. The summed E-state index contributed by atoms with van der Waals surface area (Å²) in [6.07, 6.45) is 0.130. The highest BCUT2D eigenvalue weighted by Crippen LogP contribution is 2.34. The number of halogens is 3. The molecule has 0 aliphatic carbocycles. The van der Waals surface area contributed by atoms with Crippen molar-refractivity contribution in [1.82, 2.24) is 15.3 Å². The molecule has 2 N–H and O–H groups in total. The molecule has 0 radical (unpaired) electrons. The Morgan fingerprint density at radius 2 is 2.00 bits per heavy atom. The van der Waals surface area contributed by atoms with Gasteiger partial charge in [0, 0.05) is 44.6 Å². The number of carbonyl (C=O) groups excluding carboxylic acids is 1. The number of nitrogens with one attached hydrogen (secondary N) is 2. The molecule has 1 saturated heterocycles. The Morgan fingerprint density at radius 3 is 2.68 bits per heavy atom. The molecule has 0 bridgehead atoms. The number of nitro benzene ring substituents is 1. The van der Waals surface area contributed by atoms with Gasteiger partial charge < -0.3 is 15.5 Å². The number of rotatable bonds is 7. The molecule has 9 nitrogen and oxygen atoms in total. The number of amides is 1. The van der Waals surface area contributed by atoms with Gasteiger partial charge in [0.25, 0.3) is 5.69 Å². The maximum Gasteiger partial charge on any atom is 0.416 e. The fraction of sp³-hybridized carbons (Fsp3) is 0.421. The molecule has 2 heterocycles. The van der Waals surface area contributed by atoms with Crippen LogP contribution >= 0.6 is 0 Å². The minimum Gasteiger partial charge on any atom is -0.378 e. The third kappa shape index (κ3) is 5.80. The largest absolute Gasteiger partial charge is 0.416 e. The Kier molecular flexibility index (Phi) is 6.88. The Labute approximate surface area is 175 Å². The fourth-order valence-electron chi connectivity index (χ4n) is 3.36. The Bertz CT molecular complexity index is 926. The van der Waals surface area contributed by atoms with E-state index in [9.17, 15) is 28.1 Å². The number of carbonyl (C=O) groups is 1. The summed E-state index contributed by atoms with van der Waals surface area (Å²) in [5, 5.41) is 16.6. The van der Waals surface area contributed by atoms with Gasteiger partial charge in [-0.1, -0.05) is 0 Å². The number of anilines is 2. The van der Waals surface area contributed by atoms with Crippen molar-refractivity contribution in [2.24, 2.45) is 5.92 Å². The van der Waals surface area contributed by atoms with Gasteiger partial charge in [0.2, 0.25) is 11.9 Å². The van der Waals surface area contributed by atoms with Gasteiger partial charge in [-0.15, -0.1) is 0 Å². The first-order valence-corrected chi connectivity index (χ1v) is 9.65. The van der Waals surface area contributed by atoms with Crippen LogP contribution in [0.5, 0.6) is 0 Å². The first-order chi connectivity index (χ1) is 14.8. The van der Waals surface area contributed by atoms with Gasteiger partial charge >= 0.3 is 6.18 Å². The van der Waals surface area contributed by atoms with Crippen LogP contribution in [0.4, 0.5) is 30.5 Å². The summed E-state index contributed by atoms with van der Waals surface area (Å²) < 4.78 is 38.3. The zero-order valence-corrected chi connectivity index (χ0v) is 16.4. The highest BCUT2D eigenvalue weighted by Gasteiger charge is 2.33. The molecule has 1 aromatic carbocycles. The molecule has 0 unspecified atom stereocenters. The van der Waals surface area contributed by atoms with Crippen LogP contribution in [0.2, 0.25) is 0 Å². The molecule has 3 rings (SSSR count). The van der Waals surface area contributed by atoms with E-state index in [0.29, 0.717) is 25.0 Å². The highest BCUT2D eigenvalue weighted by molar-refractivity contribution is 5.79. The third-order valence-corrected chi connectivity index (χ3v) is 4.89. The van der Waals surface area contributed by atoms with E-state index < -0.39 is 22.4 Å². The van der Waals surface area contributed by atoms with Crippen molar-refractivity contribution in [3.8, 4) is 0 Å². The first-order valence-electron chi connectivity index (χ1n) is 9.65. The maximum atomic E-state index is 12.8. The first kappa shape index (κ1) is 22.2. The summed E-state index contributed by atoms with van der Waals surface area (Å²) in [5.74, 6) is 0.151. The quantitative estimate of drug-likeness (QED) is 0.388. The highest BCUT2D eigenvalue weighted by atomic mass is 19.4. The number of piperidine rings is 1. The van der Waals surface area contributed by atoms with E-state index in [1.54, 1.807) is 18.5 Å². The lowest BCUT2D eigenvalue weighted by Gasteiger charge is -2.31. The van der Waals surface area contributed by atoms with E-state index in [-0.39, 0.29) is 30.6 Å². The summed E-state index contributed by atoms with van der Waals surface area (Å²) in [6.45, 7) is 1.52. The molecule has 2 aromatic rings. The Hall–Kier alpha value is -3.44. The molecule has 31 heavy (non-hydrogen) atoms. The molecule has 1 aromatic heterocycles. The van der Waals surface area contributed by atoms with Crippen molar-refractivity contribution < 1.29 is 22.9 Å². The van der Waals surface area contributed by atoms with E-state index in [4.69, 9.17) is 0 Å². The van der Waals surface area contributed by atoms with Gasteiger partial charge in [0.15, 0.2) is 0 Å². The standard InChI is InChI=1S/C19H21F3N6O3/c20-19(21,22)14-4-5-15(16(11-14)28(30)31)23-8-9-24-17(29)13-3-1-10-27(12-13)18-25-6-2-7-26-18/h2,4-7,11,13,23H,1,3,8-10,12H2,(H,24,29)/t13-/m1/s1. The van der Waals surface area contributed by atoms with Gasteiger partial charge in [0.05, 0.1) is 16.4 Å². The van der Waals surface area contributed by atoms with Crippen LogP contribution < -0.4 is 15.5 Å². The van der Waals surface area contributed by atoms with Gasteiger partial charge in [-0.2, -0.15) is 13.2 Å². The van der Waals surface area contributed by atoms with E-state index in [0.717, 1.165) is 25.1 Å². The van der Waals surface area contributed by atoms with Crippen LogP contribution in [0.15, 0.2) is 36.7 Å². The van der Waals surface area contributed by atoms with Crippen LogP contribution in [0.25, 0.3) is 0 Å². The summed E-state index contributed by atoms with van der Waals surface area (Å²) in [7, 11) is 0. The number of benzene rings is 1. The van der Waals surface area contributed by atoms with Crippen molar-refractivity contribution in [3.63, 3.8) is 0 Å². The summed E-state index contributed by atoms with van der Waals surface area (Å²) in [4.78, 5) is 33.0. The van der Waals surface area contributed by atoms with Crippen molar-refractivity contribution in [1.29, 1.82) is 0 Å². The zero-order valence-electron chi connectivity index (χ0n) is 16.4. The van der Waals surface area contributed by atoms with Crippen LogP contribution in [-0.4, -0.2) is 47.0 Å². The molecule has 0 saturated carbocycles. The fourth-order valence-corrected chi connectivity index (χ4v) is 3.36. The van der Waals surface area contributed by atoms with Crippen LogP contribution in [0, 0.1) is 16.0 Å². The van der Waals surface area contributed by atoms with E-state index in [1.165, 1.54) is 0 Å². The van der Waals surface area contributed by atoms with E-state index in [1.807, 2.05) is 4.90 Å². The maximum absolute atomic E-state index is 12.8. The van der Waals surface area contributed by atoms with E-state index in [2.05, 4.69) is 20.6 Å². The minimum absolute atomic E-state index is 0.0442. The molecule has 0 spiro atoms. The molecule has 1 fully saturated rings. The normalized spacial score (nSPS) is 16.6. The molecule has 1 aliphatic rings. The number of nitrogens with zero attached hydrogens (tertiary/aromatic N) is 4. The third-order valence-electron chi connectivity index (χ3n) is 4.89. The SMILES string of the molecule is O=C(NCCNc1ccc(C(F)(F)F)cc1[N+](=O)[O-])[C@@H]1CCCN(c2ncccn2)C1. The van der Waals surface area contributed by atoms with Crippen LogP contribution in [0.3, 0.4) is 0 Å². The van der Waals surface area contributed by atoms with Crippen molar-refractivity contribution >= 4 is 23.2 Å². The lowest BCUT2D eigenvalue weighted by molar-refractivity contribution is -0.384. The molecule has 1 aliphatic heterocycles. The molecular formula is C19H21F3N6O3. The average molecular weight is 438 g/mol. The van der Waals surface area contributed by atoms with Crippen LogP contribution in [-0.2, 0) is 11.0 Å². The lowest BCUT2D eigenvalue weighted by Crippen LogP contribution is -2.44. The zero-order chi connectivity index (χ0) is 22.4. The summed E-state index contributed by atoms with van der Waals surface area (Å²) in [6, 6.07) is 3.99. The molecule has 166 valence electrons. The number of aromatic nitrogens is 2. The average Bonchev–Trinajstić information content (AvgIpc) is 2.76. The second-order valence-corrected chi connectivity index (χ2v) is 7.04. The molecule has 12 heteroatoms. The molecular weight excluding hydrogens is 417 g/mol. The van der Waals surface area contributed by atoms with Crippen molar-refractivity contribution in [2.75, 3.05) is 36.4 Å². The van der Waals surface area contributed by atoms with Crippen LogP contribution in [0.1, 0.15) is 18.4 Å². The second-order valence-electron chi connectivity index (χ2n) is 7.04. The van der Waals surface area contributed by atoms with Crippen molar-refractivity contribution in [2.45, 2.75) is 19.0 Å². The number of nitro groups is 1. The predicted molar refractivity (Wildman–Crippen MR) is 107 cm³/mol. The Balaban J connectivity index is 1.51. The molecule has 1 atom stereocenters. The van der Waals surface area contributed by atoms with E-state index >= 15 is 0 Å². The number of hydrogen-bond donors (Lipinski definition) is 2. The van der Waals surface area contributed by atoms with Gasteiger partial charge in [-0.05, 0) is 31.0 Å².